The van der Waals surface area contributed by atoms with E-state index < -0.39 is 41.9 Å². The molecule has 1 heterocycles. The van der Waals surface area contributed by atoms with Gasteiger partial charge in [0, 0.05) is 23.8 Å². The first-order valence-electron chi connectivity index (χ1n) is 28.1. The Kier molecular flexibility index (Phi) is 23.9. The minimum absolute atomic E-state index is 0.105. The zero-order valence-electron chi connectivity index (χ0n) is 46.3. The van der Waals surface area contributed by atoms with Crippen molar-refractivity contribution in [1.29, 1.82) is 0 Å². The summed E-state index contributed by atoms with van der Waals surface area (Å²) in [6.45, 7) is 12.5. The van der Waals surface area contributed by atoms with E-state index in [1.807, 2.05) is 38.1 Å². The molecule has 0 bridgehead atoms. The quantitative estimate of drug-likeness (QED) is 0.00797. The van der Waals surface area contributed by atoms with Gasteiger partial charge in [-0.1, -0.05) is 36.6 Å². The number of carbonyl (C=O) groups is 6. The van der Waals surface area contributed by atoms with Gasteiger partial charge in [0.05, 0.1) is 65.8 Å². The fourth-order valence-electron chi connectivity index (χ4n) is 9.30. The maximum Gasteiger partial charge on any atom is 0.339 e. The Morgan fingerprint density at radius 1 is 0.593 bits per heavy atom. The molecule has 5 aromatic rings. The molecule has 0 radical (unpaired) electrons. The summed E-state index contributed by atoms with van der Waals surface area (Å²) in [5.41, 5.74) is 1.84. The number of hydrogen-bond acceptors (Lipinski definition) is 18. The first-order chi connectivity index (χ1) is 39.3. The summed E-state index contributed by atoms with van der Waals surface area (Å²) in [7, 11) is 0. The number of esters is 6. The number of hydrogen-bond donors (Lipinski definition) is 0. The number of unbranched alkanes of at least 4 members (excludes halogenated alkanes) is 6. The zero-order chi connectivity index (χ0) is 57.3. The van der Waals surface area contributed by atoms with Gasteiger partial charge in [0.15, 0.2) is 0 Å². The third-order valence-electron chi connectivity index (χ3n) is 13.9. The Bertz CT molecular complexity index is 2890. The number of hydrazone groups is 1. The van der Waals surface area contributed by atoms with Crippen LogP contribution >= 0.6 is 11.3 Å². The van der Waals surface area contributed by atoms with E-state index in [0.717, 1.165) is 73.7 Å². The number of fused-ring (bicyclic) bond motifs is 1. The van der Waals surface area contributed by atoms with E-state index in [1.54, 1.807) is 78.0 Å². The summed E-state index contributed by atoms with van der Waals surface area (Å²) in [6.07, 6.45) is 13.7. The Balaban J connectivity index is 0.889. The topological polar surface area (TPSA) is 205 Å². The lowest BCUT2D eigenvalue weighted by atomic mass is 9.87. The van der Waals surface area contributed by atoms with Crippen molar-refractivity contribution < 1.29 is 66.7 Å². The van der Waals surface area contributed by atoms with Crippen LogP contribution in [-0.4, -0.2) is 91.7 Å². The van der Waals surface area contributed by atoms with E-state index in [4.69, 9.17) is 48.0 Å². The van der Waals surface area contributed by atoms with Crippen molar-refractivity contribution >= 4 is 68.7 Å². The average Bonchev–Trinajstić information content (AvgIpc) is 4.01. The molecule has 0 unspecified atom stereocenters. The van der Waals surface area contributed by atoms with Crippen molar-refractivity contribution in [2.45, 2.75) is 135 Å². The molecule has 18 heteroatoms. The van der Waals surface area contributed by atoms with E-state index in [-0.39, 0.29) is 35.3 Å². The average molecular weight is 1130 g/mol. The fourth-order valence-corrected chi connectivity index (χ4v) is 10.4. The number of ether oxygens (including phenoxy) is 8. The Morgan fingerprint density at radius 2 is 1.07 bits per heavy atom. The van der Waals surface area contributed by atoms with Gasteiger partial charge in [0.2, 0.25) is 5.13 Å². The van der Waals surface area contributed by atoms with E-state index in [2.05, 4.69) is 13.2 Å². The fraction of sp³-hybridized carbons (Fsp3) is 0.429. The molecule has 4 aromatic carbocycles. The minimum Gasteiger partial charge on any atom is -0.494 e. The molecular weight excluding hydrogens is 1050 g/mol. The van der Waals surface area contributed by atoms with Gasteiger partial charge in [0.25, 0.3) is 0 Å². The maximum absolute atomic E-state index is 14.1. The number of rotatable bonds is 30. The number of carbonyl (C=O) groups excluding carboxylic acids is 6. The van der Waals surface area contributed by atoms with E-state index >= 15 is 0 Å². The number of nitrogens with zero attached hydrogens (tertiary/aromatic N) is 3. The van der Waals surface area contributed by atoms with Crippen molar-refractivity contribution in [3.05, 3.63) is 133 Å². The maximum atomic E-state index is 14.1. The Morgan fingerprint density at radius 3 is 1.60 bits per heavy atom. The molecule has 0 amide bonds. The van der Waals surface area contributed by atoms with Crippen LogP contribution in [0.4, 0.5) is 5.13 Å². The highest BCUT2D eigenvalue weighted by Gasteiger charge is 2.32. The van der Waals surface area contributed by atoms with Crippen molar-refractivity contribution in [2.24, 2.45) is 16.9 Å². The second-order valence-electron chi connectivity index (χ2n) is 20.3. The van der Waals surface area contributed by atoms with Crippen LogP contribution in [0.5, 0.6) is 23.0 Å². The van der Waals surface area contributed by atoms with Crippen LogP contribution in [-0.2, 0) is 38.1 Å². The van der Waals surface area contributed by atoms with Crippen LogP contribution in [0.3, 0.4) is 0 Å². The smallest absolute Gasteiger partial charge is 0.339 e. The second kappa shape index (κ2) is 31.8. The van der Waals surface area contributed by atoms with Crippen molar-refractivity contribution in [3.63, 3.8) is 0 Å². The summed E-state index contributed by atoms with van der Waals surface area (Å²) in [4.78, 5) is 81.2. The predicted molar refractivity (Wildman–Crippen MR) is 308 cm³/mol. The van der Waals surface area contributed by atoms with E-state index in [1.165, 1.54) is 11.3 Å². The molecule has 0 N–H and O–H groups in total. The number of aromatic nitrogens is 1. The van der Waals surface area contributed by atoms with Gasteiger partial charge in [-0.2, -0.15) is 5.10 Å². The SMILES string of the molecule is C=CC(=O)OCCCCCCOc1ccc(OC(=O)C2CCC(OC(=O)c3ccc(OC(=O)C4CCC(OC(=O)c5ccc(OCCCCCCOC(=O)C=C)cc5)CC4)cc3/C=N/N(c3nc4ccccc4s3)C(C)C)CC2)cc1. The lowest BCUT2D eigenvalue weighted by molar-refractivity contribution is -0.141. The Labute approximate surface area is 477 Å². The number of benzene rings is 4. The molecule has 2 fully saturated rings. The van der Waals surface area contributed by atoms with Crippen LogP contribution in [0.2, 0.25) is 0 Å². The van der Waals surface area contributed by atoms with Gasteiger partial charge in [-0.25, -0.2) is 29.2 Å². The lowest BCUT2D eigenvalue weighted by Crippen LogP contribution is -2.30. The van der Waals surface area contributed by atoms with Crippen molar-refractivity contribution in [3.8, 4) is 23.0 Å². The first kappa shape index (κ1) is 60.8. The molecule has 0 aliphatic heterocycles. The van der Waals surface area contributed by atoms with Crippen LogP contribution < -0.4 is 24.0 Å². The molecule has 2 aliphatic rings. The first-order valence-corrected chi connectivity index (χ1v) is 28.9. The molecule has 2 saturated carbocycles. The molecule has 7 rings (SSSR count). The van der Waals surface area contributed by atoms with Crippen molar-refractivity contribution in [1.82, 2.24) is 4.98 Å². The monoisotopic (exact) mass is 1130 g/mol. The van der Waals surface area contributed by atoms with Gasteiger partial charge in [-0.05, 0) is 195 Å². The largest absolute Gasteiger partial charge is 0.494 e. The van der Waals surface area contributed by atoms with Crippen molar-refractivity contribution in [2.75, 3.05) is 31.4 Å². The van der Waals surface area contributed by atoms with Gasteiger partial charge in [-0.3, -0.25) is 9.59 Å². The van der Waals surface area contributed by atoms with Gasteiger partial charge in [-0.15, -0.1) is 0 Å². The molecule has 1 aromatic heterocycles. The molecular formula is C63H73N3O14S. The predicted octanol–water partition coefficient (Wildman–Crippen LogP) is 12.5. The molecule has 0 saturated heterocycles. The van der Waals surface area contributed by atoms with Gasteiger partial charge < -0.3 is 37.9 Å². The normalized spacial score (nSPS) is 16.9. The zero-order valence-corrected chi connectivity index (χ0v) is 47.1. The van der Waals surface area contributed by atoms with Crippen LogP contribution in [0.15, 0.2) is 121 Å². The third kappa shape index (κ3) is 19.4. The van der Waals surface area contributed by atoms with Gasteiger partial charge >= 0.3 is 35.8 Å². The van der Waals surface area contributed by atoms with E-state index in [0.29, 0.717) is 111 Å². The summed E-state index contributed by atoms with van der Waals surface area (Å²) in [5.74, 6) is -1.46. The molecule has 430 valence electrons. The summed E-state index contributed by atoms with van der Waals surface area (Å²) in [6, 6.07) is 26.2. The molecule has 2 aliphatic carbocycles. The molecule has 17 nitrogen and oxygen atoms in total. The summed E-state index contributed by atoms with van der Waals surface area (Å²) < 4.78 is 46.3. The standard InChI is InChI=1S/C63H73N3O14S/c1-5-57(67)75-39-15-9-7-13-37-73-48-25-19-44(20-26-48)59(69)77-50-27-21-46(22-28-50)61(71)80-53-35-36-54(47(41-53)42-64-66(43(3)4)63-65-55-17-11-12-18-56(55)81-63)62(72)79-51-29-23-45(24-30-51)60(70)78-52-33-31-49(32-34-52)74-38-14-8-10-16-40-76-58(68)6-2/h5-6,11-12,17-20,25-26,31-36,41-43,45-46,50-51H,1-2,7-10,13-16,21-24,27-30,37-40H2,3-4H3/b64-42+. The highest BCUT2D eigenvalue weighted by Crippen LogP contribution is 2.33. The Hall–Kier alpha value is -7.86. The number of anilines is 1. The molecule has 81 heavy (non-hydrogen) atoms. The second-order valence-corrected chi connectivity index (χ2v) is 21.3. The lowest BCUT2D eigenvalue weighted by Gasteiger charge is -2.27. The summed E-state index contributed by atoms with van der Waals surface area (Å²) in [5, 5.41) is 7.27. The summed E-state index contributed by atoms with van der Waals surface area (Å²) >= 11 is 1.50. The van der Waals surface area contributed by atoms with Gasteiger partial charge in [0.1, 0.15) is 35.2 Å². The van der Waals surface area contributed by atoms with Crippen LogP contribution in [0.1, 0.15) is 143 Å². The minimum atomic E-state index is -0.576. The highest BCUT2D eigenvalue weighted by molar-refractivity contribution is 7.22. The number of thiazole rings is 1. The van der Waals surface area contributed by atoms with Crippen LogP contribution in [0.25, 0.3) is 10.2 Å². The third-order valence-corrected chi connectivity index (χ3v) is 14.9. The molecule has 0 atom stereocenters. The highest BCUT2D eigenvalue weighted by atomic mass is 32.1. The molecule has 0 spiro atoms. The van der Waals surface area contributed by atoms with E-state index in [9.17, 15) is 28.8 Å². The number of para-hydroxylation sites is 1. The van der Waals surface area contributed by atoms with Crippen LogP contribution in [0, 0.1) is 11.8 Å².